The summed E-state index contributed by atoms with van der Waals surface area (Å²) in [6.07, 6.45) is 1.04. The van der Waals surface area contributed by atoms with E-state index in [0.717, 1.165) is 6.26 Å². The van der Waals surface area contributed by atoms with Gasteiger partial charge in [0.2, 0.25) is 10.0 Å². The Labute approximate surface area is 122 Å². The number of halogens is 1. The van der Waals surface area contributed by atoms with E-state index in [4.69, 9.17) is 0 Å². The molecule has 110 valence electrons. The second-order valence-electron chi connectivity index (χ2n) is 4.74. The van der Waals surface area contributed by atoms with Gasteiger partial charge in [0, 0.05) is 16.8 Å². The van der Waals surface area contributed by atoms with Gasteiger partial charge in [-0.1, -0.05) is 6.07 Å². The van der Waals surface area contributed by atoms with E-state index in [1.165, 1.54) is 36.4 Å². The predicted octanol–water partition coefficient (Wildman–Crippen LogP) is 2.74. The second kappa shape index (κ2) is 5.65. The van der Waals surface area contributed by atoms with Gasteiger partial charge < -0.3 is 0 Å². The molecule has 2 rings (SSSR count). The molecule has 6 heteroatoms. The van der Waals surface area contributed by atoms with Crippen LogP contribution in [0.5, 0.6) is 0 Å². The maximum atomic E-state index is 13.2. The Morgan fingerprint density at radius 1 is 1.10 bits per heavy atom. The second-order valence-corrected chi connectivity index (χ2v) is 6.49. The minimum Gasteiger partial charge on any atom is -0.289 e. The minimum absolute atomic E-state index is 0.291. The molecule has 2 aromatic rings. The van der Waals surface area contributed by atoms with Crippen molar-refractivity contribution in [2.75, 3.05) is 11.0 Å². The highest BCUT2D eigenvalue weighted by Gasteiger charge is 2.13. The molecule has 0 aliphatic heterocycles. The maximum Gasteiger partial charge on any atom is 0.229 e. The molecule has 0 spiro atoms. The van der Waals surface area contributed by atoms with Gasteiger partial charge in [0.15, 0.2) is 5.78 Å². The van der Waals surface area contributed by atoms with Gasteiger partial charge in [0.1, 0.15) is 5.82 Å². The largest absolute Gasteiger partial charge is 0.289 e. The summed E-state index contributed by atoms with van der Waals surface area (Å²) in [4.78, 5) is 12.3. The van der Waals surface area contributed by atoms with E-state index >= 15 is 0 Å². The average Bonchev–Trinajstić information content (AvgIpc) is 2.40. The summed E-state index contributed by atoms with van der Waals surface area (Å²) >= 11 is 0. The van der Waals surface area contributed by atoms with E-state index in [1.807, 2.05) is 0 Å². The summed E-state index contributed by atoms with van der Waals surface area (Å²) in [5, 5.41) is 0. The lowest BCUT2D eigenvalue weighted by Crippen LogP contribution is -2.10. The van der Waals surface area contributed by atoms with Crippen LogP contribution in [0.2, 0.25) is 0 Å². The lowest BCUT2D eigenvalue weighted by atomic mass is 9.99. The van der Waals surface area contributed by atoms with Crippen LogP contribution in [0, 0.1) is 12.7 Å². The van der Waals surface area contributed by atoms with Gasteiger partial charge in [-0.2, -0.15) is 0 Å². The number of hydrogen-bond acceptors (Lipinski definition) is 3. The van der Waals surface area contributed by atoms with Gasteiger partial charge in [0.05, 0.1) is 6.26 Å². The molecule has 0 bridgehead atoms. The van der Waals surface area contributed by atoms with Crippen molar-refractivity contribution in [3.05, 3.63) is 65.0 Å². The van der Waals surface area contributed by atoms with Gasteiger partial charge >= 0.3 is 0 Å². The van der Waals surface area contributed by atoms with Crippen LogP contribution < -0.4 is 4.72 Å². The summed E-state index contributed by atoms with van der Waals surface area (Å²) < 4.78 is 37.8. The number of aryl methyl sites for hydroxylation is 1. The number of carbonyl (C=O) groups is 1. The van der Waals surface area contributed by atoms with Crippen molar-refractivity contribution in [3.63, 3.8) is 0 Å². The number of anilines is 1. The molecular formula is C15H14FNO3S. The lowest BCUT2D eigenvalue weighted by molar-refractivity contribution is 0.103. The van der Waals surface area contributed by atoms with Crippen LogP contribution >= 0.6 is 0 Å². The highest BCUT2D eigenvalue weighted by atomic mass is 32.2. The quantitative estimate of drug-likeness (QED) is 0.883. The van der Waals surface area contributed by atoms with Crippen LogP contribution in [-0.2, 0) is 10.0 Å². The van der Waals surface area contributed by atoms with Crippen molar-refractivity contribution in [1.82, 2.24) is 0 Å². The van der Waals surface area contributed by atoms with E-state index in [0.29, 0.717) is 22.4 Å². The van der Waals surface area contributed by atoms with Gasteiger partial charge in [-0.25, -0.2) is 12.8 Å². The van der Waals surface area contributed by atoms with Crippen molar-refractivity contribution in [1.29, 1.82) is 0 Å². The molecule has 21 heavy (non-hydrogen) atoms. The van der Waals surface area contributed by atoms with E-state index in [1.54, 1.807) is 13.0 Å². The number of benzene rings is 2. The zero-order valence-corrected chi connectivity index (χ0v) is 12.4. The molecular weight excluding hydrogens is 293 g/mol. The van der Waals surface area contributed by atoms with Crippen LogP contribution in [0.15, 0.2) is 42.5 Å². The first-order valence-electron chi connectivity index (χ1n) is 6.15. The van der Waals surface area contributed by atoms with Crippen molar-refractivity contribution in [2.45, 2.75) is 6.92 Å². The lowest BCUT2D eigenvalue weighted by Gasteiger charge is -2.07. The Bertz CT molecular complexity index is 783. The van der Waals surface area contributed by atoms with Crippen LogP contribution in [0.25, 0.3) is 0 Å². The van der Waals surface area contributed by atoms with Gasteiger partial charge in [-0.15, -0.1) is 0 Å². The summed E-state index contributed by atoms with van der Waals surface area (Å²) in [5.41, 5.74) is 1.70. The molecule has 0 fully saturated rings. The zero-order valence-electron chi connectivity index (χ0n) is 11.6. The molecule has 0 aliphatic carbocycles. The molecule has 0 heterocycles. The molecule has 0 unspecified atom stereocenters. The molecule has 0 saturated heterocycles. The van der Waals surface area contributed by atoms with Crippen LogP contribution in [0.4, 0.5) is 10.1 Å². The monoisotopic (exact) mass is 307 g/mol. The normalized spacial score (nSPS) is 11.2. The number of nitrogens with one attached hydrogen (secondary N) is 1. The van der Waals surface area contributed by atoms with Crippen molar-refractivity contribution in [3.8, 4) is 0 Å². The number of ketones is 1. The summed E-state index contributed by atoms with van der Waals surface area (Å²) in [7, 11) is -3.36. The first-order valence-corrected chi connectivity index (χ1v) is 8.04. The topological polar surface area (TPSA) is 63.2 Å². The highest BCUT2D eigenvalue weighted by Crippen LogP contribution is 2.18. The number of carbonyl (C=O) groups excluding carboxylic acids is 1. The number of sulfonamides is 1. The fraction of sp³-hybridized carbons (Fsp3) is 0.133. The summed E-state index contributed by atoms with van der Waals surface area (Å²) in [6, 6.07) is 10.0. The molecule has 0 saturated carbocycles. The summed E-state index contributed by atoms with van der Waals surface area (Å²) in [5.74, 6) is -0.780. The van der Waals surface area contributed by atoms with E-state index in [2.05, 4.69) is 4.72 Å². The number of hydrogen-bond donors (Lipinski definition) is 1. The Kier molecular flexibility index (Phi) is 4.09. The standard InChI is InChI=1S/C15H14FNO3S/c1-10-3-6-12(16)9-14(10)15(18)11-4-7-13(8-5-11)17-21(2,19)20/h3-9,17H,1-2H3. The first-order chi connectivity index (χ1) is 9.76. The van der Waals surface area contributed by atoms with E-state index in [9.17, 15) is 17.6 Å². The fourth-order valence-corrected chi connectivity index (χ4v) is 2.46. The maximum absolute atomic E-state index is 13.2. The van der Waals surface area contributed by atoms with E-state index < -0.39 is 15.8 Å². The Balaban J connectivity index is 2.30. The predicted molar refractivity (Wildman–Crippen MR) is 79.5 cm³/mol. The van der Waals surface area contributed by atoms with Gasteiger partial charge in [-0.05, 0) is 48.9 Å². The molecule has 4 nitrogen and oxygen atoms in total. The summed E-state index contributed by atoms with van der Waals surface area (Å²) in [6.45, 7) is 1.73. The smallest absolute Gasteiger partial charge is 0.229 e. The molecule has 0 aliphatic rings. The molecule has 0 radical (unpaired) electrons. The Morgan fingerprint density at radius 2 is 1.71 bits per heavy atom. The highest BCUT2D eigenvalue weighted by molar-refractivity contribution is 7.92. The van der Waals surface area contributed by atoms with Crippen LogP contribution in [-0.4, -0.2) is 20.5 Å². The Hall–Kier alpha value is -2.21. The molecule has 0 aromatic heterocycles. The molecule has 1 N–H and O–H groups in total. The molecule has 2 aromatic carbocycles. The average molecular weight is 307 g/mol. The van der Waals surface area contributed by atoms with Gasteiger partial charge in [0.25, 0.3) is 0 Å². The van der Waals surface area contributed by atoms with E-state index in [-0.39, 0.29) is 5.78 Å². The van der Waals surface area contributed by atoms with Crippen LogP contribution in [0.1, 0.15) is 21.5 Å². The fourth-order valence-electron chi connectivity index (χ4n) is 1.90. The SMILES string of the molecule is Cc1ccc(F)cc1C(=O)c1ccc(NS(C)(=O)=O)cc1. The first kappa shape index (κ1) is 15.2. The van der Waals surface area contributed by atoms with Crippen molar-refractivity contribution < 1.29 is 17.6 Å². The minimum atomic E-state index is -3.36. The zero-order chi connectivity index (χ0) is 15.6. The third kappa shape index (κ3) is 3.88. The van der Waals surface area contributed by atoms with Crippen molar-refractivity contribution in [2.24, 2.45) is 0 Å². The van der Waals surface area contributed by atoms with Gasteiger partial charge in [-0.3, -0.25) is 9.52 Å². The third-order valence-electron chi connectivity index (χ3n) is 2.89. The Morgan fingerprint density at radius 3 is 2.29 bits per heavy atom. The third-order valence-corrected chi connectivity index (χ3v) is 3.50. The molecule has 0 amide bonds. The number of rotatable bonds is 4. The molecule has 0 atom stereocenters. The van der Waals surface area contributed by atoms with Crippen LogP contribution in [0.3, 0.4) is 0 Å². The van der Waals surface area contributed by atoms with Crippen molar-refractivity contribution >= 4 is 21.5 Å².